The van der Waals surface area contributed by atoms with Gasteiger partial charge in [0.2, 0.25) is 5.91 Å². The van der Waals surface area contributed by atoms with Crippen LogP contribution in [0.15, 0.2) is 23.6 Å². The van der Waals surface area contributed by atoms with Crippen LogP contribution in [0.1, 0.15) is 25.7 Å². The first kappa shape index (κ1) is 16.1. The average molecular weight is 371 g/mol. The molecule has 1 aromatic carbocycles. The molecule has 26 heavy (non-hydrogen) atoms. The minimum absolute atomic E-state index is 0.00384. The summed E-state index contributed by atoms with van der Waals surface area (Å²) in [4.78, 5) is 19.6. The first-order valence-electron chi connectivity index (χ1n) is 9.20. The molecule has 2 fully saturated rings. The van der Waals surface area contributed by atoms with Crippen LogP contribution < -0.4 is 14.8 Å². The van der Waals surface area contributed by atoms with E-state index in [9.17, 15) is 4.79 Å². The van der Waals surface area contributed by atoms with E-state index in [1.165, 1.54) is 24.2 Å². The number of nitrogens with zero attached hydrogens (tertiary/aromatic N) is 2. The highest BCUT2D eigenvalue weighted by molar-refractivity contribution is 7.14. The Labute approximate surface area is 156 Å². The van der Waals surface area contributed by atoms with Crippen LogP contribution in [0, 0.1) is 0 Å². The summed E-state index contributed by atoms with van der Waals surface area (Å²) in [6, 6.07) is 6.45. The van der Waals surface area contributed by atoms with E-state index < -0.39 is 0 Å². The molecule has 1 atom stereocenters. The van der Waals surface area contributed by atoms with Crippen LogP contribution in [0.5, 0.6) is 11.5 Å². The first-order valence-corrected chi connectivity index (χ1v) is 10.1. The molecule has 3 heterocycles. The lowest BCUT2D eigenvalue weighted by atomic mass is 10.1. The van der Waals surface area contributed by atoms with E-state index in [2.05, 4.69) is 15.2 Å². The highest BCUT2D eigenvalue weighted by atomic mass is 32.1. The van der Waals surface area contributed by atoms with Crippen molar-refractivity contribution in [3.63, 3.8) is 0 Å². The molecule has 5 rings (SSSR count). The number of hydrogen-bond acceptors (Lipinski definition) is 6. The molecule has 1 N–H and O–H groups in total. The zero-order valence-electron chi connectivity index (χ0n) is 14.4. The molecule has 0 bridgehead atoms. The topological polar surface area (TPSA) is 63.7 Å². The van der Waals surface area contributed by atoms with Gasteiger partial charge in [-0.15, -0.1) is 11.3 Å². The van der Waals surface area contributed by atoms with Gasteiger partial charge in [0.05, 0.1) is 11.7 Å². The fourth-order valence-corrected chi connectivity index (χ4v) is 4.49. The SMILES string of the molecule is O=C(Nc1nc(-c2ccc3c(c2)OCCO3)cs1)C1CCCN1C1CC1. The summed E-state index contributed by atoms with van der Waals surface area (Å²) in [5.74, 6) is 1.60. The van der Waals surface area contributed by atoms with Crippen LogP contribution >= 0.6 is 11.3 Å². The summed E-state index contributed by atoms with van der Waals surface area (Å²) in [5, 5.41) is 5.64. The molecule has 1 saturated heterocycles. The number of carbonyl (C=O) groups excluding carboxylic acids is 1. The Balaban J connectivity index is 1.30. The van der Waals surface area contributed by atoms with Crippen LogP contribution in [0.4, 0.5) is 5.13 Å². The molecule has 136 valence electrons. The van der Waals surface area contributed by atoms with Gasteiger partial charge in [0.25, 0.3) is 0 Å². The molecule has 7 heteroatoms. The molecule has 1 aromatic heterocycles. The fourth-order valence-electron chi connectivity index (χ4n) is 3.77. The zero-order chi connectivity index (χ0) is 17.5. The largest absolute Gasteiger partial charge is 0.486 e. The van der Waals surface area contributed by atoms with Crippen LogP contribution in [-0.4, -0.2) is 47.6 Å². The van der Waals surface area contributed by atoms with E-state index in [4.69, 9.17) is 9.47 Å². The number of benzene rings is 1. The number of rotatable bonds is 4. The molecule has 1 saturated carbocycles. The lowest BCUT2D eigenvalue weighted by molar-refractivity contribution is -0.120. The van der Waals surface area contributed by atoms with Crippen molar-refractivity contribution in [2.24, 2.45) is 0 Å². The number of carbonyl (C=O) groups is 1. The number of amides is 1. The number of hydrogen-bond donors (Lipinski definition) is 1. The van der Waals surface area contributed by atoms with Gasteiger partial charge < -0.3 is 14.8 Å². The van der Waals surface area contributed by atoms with Gasteiger partial charge in [-0.05, 0) is 50.4 Å². The normalized spacial score (nSPS) is 22.4. The summed E-state index contributed by atoms with van der Waals surface area (Å²) < 4.78 is 11.2. The number of likely N-dealkylation sites (tertiary alicyclic amines) is 1. The summed E-state index contributed by atoms with van der Waals surface area (Å²) in [7, 11) is 0. The van der Waals surface area contributed by atoms with Crippen LogP contribution in [0.3, 0.4) is 0 Å². The number of aromatic nitrogens is 1. The van der Waals surface area contributed by atoms with Gasteiger partial charge in [0, 0.05) is 17.0 Å². The summed E-state index contributed by atoms with van der Waals surface area (Å²) in [5.41, 5.74) is 1.80. The quantitative estimate of drug-likeness (QED) is 0.895. The van der Waals surface area contributed by atoms with Crippen molar-refractivity contribution in [3.8, 4) is 22.8 Å². The Morgan fingerprint density at radius 3 is 2.88 bits per heavy atom. The molecule has 6 nitrogen and oxygen atoms in total. The number of ether oxygens (including phenoxy) is 2. The number of fused-ring (bicyclic) bond motifs is 1. The third-order valence-corrected chi connectivity index (χ3v) is 5.94. The van der Waals surface area contributed by atoms with Gasteiger partial charge in [0.1, 0.15) is 13.2 Å². The maximum Gasteiger partial charge on any atom is 0.243 e. The van der Waals surface area contributed by atoms with Gasteiger partial charge in [-0.1, -0.05) is 0 Å². The molecular weight excluding hydrogens is 350 g/mol. The molecule has 1 amide bonds. The van der Waals surface area contributed by atoms with Gasteiger partial charge in [-0.25, -0.2) is 4.98 Å². The molecule has 1 aliphatic carbocycles. The van der Waals surface area contributed by atoms with E-state index in [1.807, 2.05) is 23.6 Å². The van der Waals surface area contributed by atoms with Gasteiger partial charge in [-0.3, -0.25) is 9.69 Å². The van der Waals surface area contributed by atoms with Crippen molar-refractivity contribution >= 4 is 22.4 Å². The summed E-state index contributed by atoms with van der Waals surface area (Å²) in [6.45, 7) is 2.19. The van der Waals surface area contributed by atoms with Gasteiger partial charge in [-0.2, -0.15) is 0 Å². The van der Waals surface area contributed by atoms with Gasteiger partial charge in [0.15, 0.2) is 16.6 Å². The maximum absolute atomic E-state index is 12.7. The Morgan fingerprint density at radius 1 is 1.19 bits per heavy atom. The predicted octanol–water partition coefficient (Wildman–Crippen LogP) is 3.15. The second kappa shape index (κ2) is 6.55. The second-order valence-electron chi connectivity index (χ2n) is 7.01. The third-order valence-electron chi connectivity index (χ3n) is 5.19. The first-order chi connectivity index (χ1) is 12.8. The fraction of sp³-hybridized carbons (Fsp3) is 0.474. The molecular formula is C19H21N3O3S. The minimum Gasteiger partial charge on any atom is -0.486 e. The standard InChI is InChI=1S/C19H21N3O3S/c23-18(15-2-1-7-22(15)13-4-5-13)21-19-20-14(11-26-19)12-3-6-16-17(10-12)25-9-8-24-16/h3,6,10-11,13,15H,1-2,4-5,7-9H2,(H,20,21,23). The minimum atomic E-state index is 0.00384. The zero-order valence-corrected chi connectivity index (χ0v) is 15.3. The lowest BCUT2D eigenvalue weighted by Gasteiger charge is -2.22. The van der Waals surface area contributed by atoms with Crippen LogP contribution in [0.2, 0.25) is 0 Å². The van der Waals surface area contributed by atoms with E-state index in [0.717, 1.165) is 42.1 Å². The van der Waals surface area contributed by atoms with Crippen molar-refractivity contribution in [2.75, 3.05) is 25.1 Å². The number of anilines is 1. The van der Waals surface area contributed by atoms with E-state index >= 15 is 0 Å². The van der Waals surface area contributed by atoms with Crippen molar-refractivity contribution in [1.29, 1.82) is 0 Å². The third kappa shape index (κ3) is 3.05. The number of nitrogens with one attached hydrogen (secondary N) is 1. The average Bonchev–Trinajstić information content (AvgIpc) is 3.20. The van der Waals surface area contributed by atoms with Crippen molar-refractivity contribution < 1.29 is 14.3 Å². The second-order valence-corrected chi connectivity index (χ2v) is 7.87. The van der Waals surface area contributed by atoms with Crippen LogP contribution in [0.25, 0.3) is 11.3 Å². The van der Waals surface area contributed by atoms with Crippen LogP contribution in [-0.2, 0) is 4.79 Å². The highest BCUT2D eigenvalue weighted by Gasteiger charge is 2.40. The molecule has 2 aliphatic heterocycles. The summed E-state index contributed by atoms with van der Waals surface area (Å²) in [6.07, 6.45) is 4.52. The highest BCUT2D eigenvalue weighted by Crippen LogP contribution is 2.36. The van der Waals surface area contributed by atoms with E-state index in [-0.39, 0.29) is 11.9 Å². The van der Waals surface area contributed by atoms with E-state index in [1.54, 1.807) is 0 Å². The summed E-state index contributed by atoms with van der Waals surface area (Å²) >= 11 is 1.46. The Morgan fingerprint density at radius 2 is 2.04 bits per heavy atom. The maximum atomic E-state index is 12.7. The van der Waals surface area contributed by atoms with Crippen molar-refractivity contribution in [2.45, 2.75) is 37.8 Å². The Kier molecular flexibility index (Phi) is 4.05. The molecule has 0 spiro atoms. The lowest BCUT2D eigenvalue weighted by Crippen LogP contribution is -2.40. The molecule has 2 aromatic rings. The predicted molar refractivity (Wildman–Crippen MR) is 99.9 cm³/mol. The Bertz CT molecular complexity index is 833. The number of thiazole rings is 1. The molecule has 1 unspecified atom stereocenters. The molecule has 0 radical (unpaired) electrons. The molecule has 3 aliphatic rings. The van der Waals surface area contributed by atoms with Crippen molar-refractivity contribution in [1.82, 2.24) is 9.88 Å². The van der Waals surface area contributed by atoms with Gasteiger partial charge >= 0.3 is 0 Å². The smallest absolute Gasteiger partial charge is 0.243 e. The van der Waals surface area contributed by atoms with E-state index in [0.29, 0.717) is 24.4 Å². The monoisotopic (exact) mass is 371 g/mol. The van der Waals surface area contributed by atoms with Crippen molar-refractivity contribution in [3.05, 3.63) is 23.6 Å². The Hall–Kier alpha value is -2.12.